The molecule has 1 saturated heterocycles. The number of nitriles is 1. The monoisotopic (exact) mass is 357 g/mol. The molecule has 136 valence electrons. The van der Waals surface area contributed by atoms with Gasteiger partial charge in [-0.15, -0.1) is 0 Å². The Kier molecular flexibility index (Phi) is 4.55. The number of hydrogen-bond donors (Lipinski definition) is 1. The molecule has 0 unspecified atom stereocenters. The van der Waals surface area contributed by atoms with Gasteiger partial charge in [0.2, 0.25) is 0 Å². The molecule has 0 bridgehead atoms. The summed E-state index contributed by atoms with van der Waals surface area (Å²) in [5.41, 5.74) is 3.46. The Bertz CT molecular complexity index is 1050. The number of benzene rings is 2. The van der Waals surface area contributed by atoms with Crippen molar-refractivity contribution in [2.24, 2.45) is 0 Å². The largest absolute Gasteiger partial charge is 0.321 e. The predicted molar refractivity (Wildman–Crippen MR) is 108 cm³/mol. The van der Waals surface area contributed by atoms with Crippen LogP contribution in [0.2, 0.25) is 0 Å². The quantitative estimate of drug-likeness (QED) is 0.773. The van der Waals surface area contributed by atoms with Crippen molar-refractivity contribution in [3.63, 3.8) is 0 Å². The normalized spacial score (nSPS) is 16.9. The van der Waals surface area contributed by atoms with Crippen molar-refractivity contribution in [1.29, 1.82) is 5.26 Å². The minimum absolute atomic E-state index is 0.0167. The van der Waals surface area contributed by atoms with E-state index in [1.54, 1.807) is 0 Å². The van der Waals surface area contributed by atoms with Gasteiger partial charge in [-0.25, -0.2) is 0 Å². The molecule has 0 saturated carbocycles. The van der Waals surface area contributed by atoms with Crippen LogP contribution in [-0.4, -0.2) is 23.0 Å². The number of nitrogens with zero attached hydrogens (tertiary/aromatic N) is 2. The summed E-state index contributed by atoms with van der Waals surface area (Å²) in [6, 6.07) is 20.7. The highest BCUT2D eigenvalue weighted by molar-refractivity contribution is 5.81. The SMILES string of the molecule is Cc1cccc2cc(CN3CCC(C#N)(c4ccccc4)CC3)c(=O)[nH]c12. The Morgan fingerprint density at radius 2 is 1.85 bits per heavy atom. The third kappa shape index (κ3) is 3.27. The van der Waals surface area contributed by atoms with Crippen LogP contribution in [0, 0.1) is 18.3 Å². The van der Waals surface area contributed by atoms with Crippen LogP contribution in [0.3, 0.4) is 0 Å². The summed E-state index contributed by atoms with van der Waals surface area (Å²) in [6.45, 7) is 4.25. The van der Waals surface area contributed by atoms with Crippen LogP contribution in [-0.2, 0) is 12.0 Å². The van der Waals surface area contributed by atoms with Gasteiger partial charge < -0.3 is 4.98 Å². The lowest BCUT2D eigenvalue weighted by Gasteiger charge is -2.37. The second-order valence-electron chi connectivity index (χ2n) is 7.50. The highest BCUT2D eigenvalue weighted by Gasteiger charge is 2.36. The third-order valence-corrected chi connectivity index (χ3v) is 5.81. The minimum Gasteiger partial charge on any atom is -0.321 e. The van der Waals surface area contributed by atoms with Crippen LogP contribution in [0.1, 0.15) is 29.5 Å². The maximum atomic E-state index is 12.5. The summed E-state index contributed by atoms with van der Waals surface area (Å²) in [5, 5.41) is 10.9. The van der Waals surface area contributed by atoms with Crippen LogP contribution in [0.4, 0.5) is 0 Å². The number of aryl methyl sites for hydroxylation is 1. The summed E-state index contributed by atoms with van der Waals surface area (Å²) in [5.74, 6) is 0. The highest BCUT2D eigenvalue weighted by Crippen LogP contribution is 2.35. The molecular weight excluding hydrogens is 334 g/mol. The van der Waals surface area contributed by atoms with Gasteiger partial charge in [0, 0.05) is 25.2 Å². The number of H-pyrrole nitrogens is 1. The van der Waals surface area contributed by atoms with Gasteiger partial charge in [0.15, 0.2) is 0 Å². The van der Waals surface area contributed by atoms with Crippen molar-refractivity contribution >= 4 is 10.9 Å². The standard InChI is InChI=1S/C23H23N3O/c1-17-6-5-7-18-14-19(22(27)25-21(17)18)15-26-12-10-23(16-24,11-13-26)20-8-3-2-4-9-20/h2-9,14H,10-13,15H2,1H3,(H,25,27). The number of piperidine rings is 1. The molecule has 1 aromatic heterocycles. The van der Waals surface area contributed by atoms with Gasteiger partial charge in [0.05, 0.1) is 17.0 Å². The van der Waals surface area contributed by atoms with Crippen LogP contribution < -0.4 is 5.56 Å². The van der Waals surface area contributed by atoms with Crippen molar-refractivity contribution in [1.82, 2.24) is 9.88 Å². The first-order valence-electron chi connectivity index (χ1n) is 9.42. The molecule has 0 aliphatic carbocycles. The van der Waals surface area contributed by atoms with Crippen molar-refractivity contribution in [3.8, 4) is 6.07 Å². The number of para-hydroxylation sites is 1. The van der Waals surface area contributed by atoms with Crippen molar-refractivity contribution in [3.05, 3.63) is 81.6 Å². The van der Waals surface area contributed by atoms with Crippen molar-refractivity contribution in [2.75, 3.05) is 13.1 Å². The van der Waals surface area contributed by atoms with Crippen LogP contribution >= 0.6 is 0 Å². The predicted octanol–water partition coefficient (Wildman–Crippen LogP) is 3.89. The fraction of sp³-hybridized carbons (Fsp3) is 0.304. The molecule has 0 atom stereocenters. The molecule has 1 aliphatic rings. The molecule has 4 nitrogen and oxygen atoms in total. The van der Waals surface area contributed by atoms with Crippen molar-refractivity contribution in [2.45, 2.75) is 31.7 Å². The van der Waals surface area contributed by atoms with Gasteiger partial charge in [-0.05, 0) is 42.3 Å². The van der Waals surface area contributed by atoms with E-state index in [2.05, 4.69) is 28.1 Å². The maximum absolute atomic E-state index is 12.5. The van der Waals surface area contributed by atoms with Gasteiger partial charge >= 0.3 is 0 Å². The smallest absolute Gasteiger partial charge is 0.252 e. The summed E-state index contributed by atoms with van der Waals surface area (Å²) in [7, 11) is 0. The Balaban J connectivity index is 1.53. The van der Waals surface area contributed by atoms with Gasteiger partial charge in [0.1, 0.15) is 0 Å². The minimum atomic E-state index is -0.412. The first kappa shape index (κ1) is 17.5. The van der Waals surface area contributed by atoms with Crippen molar-refractivity contribution < 1.29 is 0 Å². The molecule has 4 heteroatoms. The third-order valence-electron chi connectivity index (χ3n) is 5.81. The first-order valence-corrected chi connectivity index (χ1v) is 9.42. The molecule has 1 fully saturated rings. The van der Waals surface area contributed by atoms with Gasteiger partial charge in [-0.2, -0.15) is 5.26 Å². The fourth-order valence-electron chi connectivity index (χ4n) is 4.10. The molecule has 0 radical (unpaired) electrons. The van der Waals surface area contributed by atoms with E-state index in [0.29, 0.717) is 6.54 Å². The van der Waals surface area contributed by atoms with E-state index in [4.69, 9.17) is 0 Å². The highest BCUT2D eigenvalue weighted by atomic mass is 16.1. The Hall–Kier alpha value is -2.90. The molecule has 3 aromatic rings. The Morgan fingerprint density at radius 1 is 1.11 bits per heavy atom. The number of aromatic amines is 1. The molecule has 0 amide bonds. The molecule has 1 N–H and O–H groups in total. The van der Waals surface area contributed by atoms with E-state index in [9.17, 15) is 10.1 Å². The lowest BCUT2D eigenvalue weighted by atomic mass is 9.74. The molecule has 2 heterocycles. The van der Waals surface area contributed by atoms with E-state index < -0.39 is 5.41 Å². The zero-order chi connectivity index (χ0) is 18.9. The zero-order valence-corrected chi connectivity index (χ0v) is 15.5. The van der Waals surface area contributed by atoms with E-state index in [1.807, 2.05) is 49.4 Å². The molecular formula is C23H23N3O. The molecule has 0 spiro atoms. The summed E-state index contributed by atoms with van der Waals surface area (Å²) < 4.78 is 0. The van der Waals surface area contributed by atoms with Gasteiger partial charge in [-0.3, -0.25) is 9.69 Å². The average molecular weight is 357 g/mol. The van der Waals surface area contributed by atoms with E-state index in [0.717, 1.165) is 53.5 Å². The van der Waals surface area contributed by atoms with E-state index in [-0.39, 0.29) is 5.56 Å². The second-order valence-corrected chi connectivity index (χ2v) is 7.50. The fourth-order valence-corrected chi connectivity index (χ4v) is 4.10. The zero-order valence-electron chi connectivity index (χ0n) is 15.5. The van der Waals surface area contributed by atoms with Crippen LogP contribution in [0.15, 0.2) is 59.4 Å². The Labute approximate surface area is 159 Å². The molecule has 2 aromatic carbocycles. The summed E-state index contributed by atoms with van der Waals surface area (Å²) in [4.78, 5) is 17.8. The van der Waals surface area contributed by atoms with Crippen LogP contribution in [0.25, 0.3) is 10.9 Å². The van der Waals surface area contributed by atoms with E-state index >= 15 is 0 Å². The second kappa shape index (κ2) is 7.02. The first-order chi connectivity index (χ1) is 13.1. The molecule has 27 heavy (non-hydrogen) atoms. The lowest BCUT2D eigenvalue weighted by molar-refractivity contribution is 0.178. The van der Waals surface area contributed by atoms with Gasteiger partial charge in [0.25, 0.3) is 5.56 Å². The number of likely N-dealkylation sites (tertiary alicyclic amines) is 1. The van der Waals surface area contributed by atoms with E-state index in [1.165, 1.54) is 0 Å². The average Bonchev–Trinajstić information content (AvgIpc) is 2.71. The summed E-state index contributed by atoms with van der Waals surface area (Å²) in [6.07, 6.45) is 1.58. The molecule has 1 aliphatic heterocycles. The number of fused-ring (bicyclic) bond motifs is 1. The summed E-state index contributed by atoms with van der Waals surface area (Å²) >= 11 is 0. The Morgan fingerprint density at radius 3 is 2.56 bits per heavy atom. The number of pyridine rings is 1. The molecule has 4 rings (SSSR count). The number of aromatic nitrogens is 1. The number of hydrogen-bond acceptors (Lipinski definition) is 3. The number of rotatable bonds is 3. The lowest BCUT2D eigenvalue weighted by Crippen LogP contribution is -2.42. The van der Waals surface area contributed by atoms with Gasteiger partial charge in [-0.1, -0.05) is 48.5 Å². The topological polar surface area (TPSA) is 59.9 Å². The van der Waals surface area contributed by atoms with Crippen LogP contribution in [0.5, 0.6) is 0 Å². The maximum Gasteiger partial charge on any atom is 0.252 e. The number of nitrogens with one attached hydrogen (secondary N) is 1.